The molecule has 0 aliphatic rings. The van der Waals surface area contributed by atoms with Crippen LogP contribution in [0.2, 0.25) is 0 Å². The lowest BCUT2D eigenvalue weighted by Gasteiger charge is -2.14. The lowest BCUT2D eigenvalue weighted by Crippen LogP contribution is -2.11. The minimum Gasteiger partial charge on any atom is -0.491 e. The Morgan fingerprint density at radius 3 is 2.52 bits per heavy atom. The molecule has 0 radical (unpaired) electrons. The van der Waals surface area contributed by atoms with E-state index in [1.165, 1.54) is 12.1 Å². The van der Waals surface area contributed by atoms with E-state index in [0.717, 1.165) is 6.07 Å². The number of hydrogen-bond donors (Lipinski definition) is 1. The highest BCUT2D eigenvalue weighted by atomic mass is 19.4. The second-order valence-electron chi connectivity index (χ2n) is 4.88. The predicted octanol–water partition coefficient (Wildman–Crippen LogP) is 4.34. The smallest absolute Gasteiger partial charge is 0.416 e. The summed E-state index contributed by atoms with van der Waals surface area (Å²) in [5, 5.41) is 2.99. The van der Waals surface area contributed by atoms with E-state index in [1.807, 2.05) is 0 Å². The number of benzene rings is 2. The molecule has 0 spiro atoms. The van der Waals surface area contributed by atoms with E-state index in [1.54, 1.807) is 37.4 Å². The Labute approximate surface area is 133 Å². The Morgan fingerprint density at radius 1 is 1.00 bits per heavy atom. The standard InChI is InChI=1S/C17H18F3NO2/c1-22-9-10-23-15-7-4-6-14(11-15)21-12-13-5-2-3-8-16(13)17(18,19)20/h2-8,11,21H,9-10,12H2,1H3. The third kappa shape index (κ3) is 5.17. The highest BCUT2D eigenvalue weighted by Crippen LogP contribution is 2.32. The van der Waals surface area contributed by atoms with E-state index in [2.05, 4.69) is 5.32 Å². The number of ether oxygens (including phenoxy) is 2. The highest BCUT2D eigenvalue weighted by Gasteiger charge is 2.32. The number of rotatable bonds is 7. The van der Waals surface area contributed by atoms with Crippen molar-refractivity contribution in [2.75, 3.05) is 25.6 Å². The lowest BCUT2D eigenvalue weighted by molar-refractivity contribution is -0.138. The van der Waals surface area contributed by atoms with Gasteiger partial charge in [-0.25, -0.2) is 0 Å². The number of hydrogen-bond acceptors (Lipinski definition) is 3. The number of anilines is 1. The first-order valence-electron chi connectivity index (χ1n) is 7.11. The summed E-state index contributed by atoms with van der Waals surface area (Å²) >= 11 is 0. The van der Waals surface area contributed by atoms with Crippen molar-refractivity contribution >= 4 is 5.69 Å². The van der Waals surface area contributed by atoms with Crippen LogP contribution in [0.4, 0.5) is 18.9 Å². The van der Waals surface area contributed by atoms with Gasteiger partial charge in [0.05, 0.1) is 12.2 Å². The summed E-state index contributed by atoms with van der Waals surface area (Å²) in [4.78, 5) is 0. The molecule has 0 bridgehead atoms. The molecular formula is C17H18F3NO2. The van der Waals surface area contributed by atoms with Crippen LogP contribution in [0.1, 0.15) is 11.1 Å². The van der Waals surface area contributed by atoms with Gasteiger partial charge in [0.25, 0.3) is 0 Å². The molecule has 2 rings (SSSR count). The van der Waals surface area contributed by atoms with E-state index in [0.29, 0.717) is 24.7 Å². The van der Waals surface area contributed by atoms with Crippen LogP contribution in [0.15, 0.2) is 48.5 Å². The molecule has 2 aromatic rings. The molecule has 0 saturated carbocycles. The fraction of sp³-hybridized carbons (Fsp3) is 0.294. The van der Waals surface area contributed by atoms with Gasteiger partial charge in [-0.05, 0) is 23.8 Å². The topological polar surface area (TPSA) is 30.5 Å². The van der Waals surface area contributed by atoms with Gasteiger partial charge in [-0.3, -0.25) is 0 Å². The Kier molecular flexibility index (Phi) is 5.87. The van der Waals surface area contributed by atoms with E-state index < -0.39 is 11.7 Å². The summed E-state index contributed by atoms with van der Waals surface area (Å²) in [6.07, 6.45) is -4.36. The maximum absolute atomic E-state index is 13.0. The van der Waals surface area contributed by atoms with Crippen molar-refractivity contribution in [1.82, 2.24) is 0 Å². The van der Waals surface area contributed by atoms with Crippen molar-refractivity contribution in [3.8, 4) is 5.75 Å². The number of nitrogens with one attached hydrogen (secondary N) is 1. The van der Waals surface area contributed by atoms with Crippen LogP contribution >= 0.6 is 0 Å². The average Bonchev–Trinajstić information content (AvgIpc) is 2.53. The van der Waals surface area contributed by atoms with Gasteiger partial charge in [0.2, 0.25) is 0 Å². The Hall–Kier alpha value is -2.21. The van der Waals surface area contributed by atoms with Crippen molar-refractivity contribution in [2.24, 2.45) is 0 Å². The normalized spacial score (nSPS) is 11.3. The van der Waals surface area contributed by atoms with Gasteiger partial charge in [-0.1, -0.05) is 24.3 Å². The van der Waals surface area contributed by atoms with Crippen LogP contribution in [0.25, 0.3) is 0 Å². The van der Waals surface area contributed by atoms with Crippen LogP contribution in [0.3, 0.4) is 0 Å². The van der Waals surface area contributed by atoms with Crippen LogP contribution in [0.5, 0.6) is 5.75 Å². The van der Waals surface area contributed by atoms with Crippen LogP contribution in [0, 0.1) is 0 Å². The van der Waals surface area contributed by atoms with Crippen molar-refractivity contribution in [3.05, 3.63) is 59.7 Å². The highest BCUT2D eigenvalue weighted by molar-refractivity contribution is 5.49. The van der Waals surface area contributed by atoms with Gasteiger partial charge in [0.1, 0.15) is 12.4 Å². The number of methoxy groups -OCH3 is 1. The van der Waals surface area contributed by atoms with E-state index in [4.69, 9.17) is 9.47 Å². The van der Waals surface area contributed by atoms with Crippen LogP contribution in [-0.4, -0.2) is 20.3 Å². The molecule has 0 fully saturated rings. The summed E-state index contributed by atoms with van der Waals surface area (Å²) < 4.78 is 49.2. The molecule has 0 aromatic heterocycles. The molecule has 0 heterocycles. The second kappa shape index (κ2) is 7.87. The third-order valence-corrected chi connectivity index (χ3v) is 3.20. The van der Waals surface area contributed by atoms with E-state index in [9.17, 15) is 13.2 Å². The second-order valence-corrected chi connectivity index (χ2v) is 4.88. The molecule has 0 atom stereocenters. The first kappa shape index (κ1) is 17.1. The zero-order valence-corrected chi connectivity index (χ0v) is 12.7. The van der Waals surface area contributed by atoms with Gasteiger partial charge in [-0.2, -0.15) is 13.2 Å². The summed E-state index contributed by atoms with van der Waals surface area (Å²) in [6, 6.07) is 12.6. The first-order valence-corrected chi connectivity index (χ1v) is 7.11. The summed E-state index contributed by atoms with van der Waals surface area (Å²) in [5.74, 6) is 0.635. The fourth-order valence-electron chi connectivity index (χ4n) is 2.09. The van der Waals surface area contributed by atoms with Gasteiger partial charge in [-0.15, -0.1) is 0 Å². The molecule has 6 heteroatoms. The average molecular weight is 325 g/mol. The summed E-state index contributed by atoms with van der Waals surface area (Å²) in [6.45, 7) is 0.963. The molecule has 0 aliphatic heterocycles. The van der Waals surface area contributed by atoms with Gasteiger partial charge < -0.3 is 14.8 Å². The Balaban J connectivity index is 2.03. The zero-order valence-electron chi connectivity index (χ0n) is 12.7. The minimum absolute atomic E-state index is 0.0806. The van der Waals surface area contributed by atoms with Gasteiger partial charge in [0.15, 0.2) is 0 Å². The zero-order chi connectivity index (χ0) is 16.7. The first-order chi connectivity index (χ1) is 11.0. The Morgan fingerprint density at radius 2 is 1.78 bits per heavy atom. The van der Waals surface area contributed by atoms with Crippen molar-refractivity contribution < 1.29 is 22.6 Å². The van der Waals surface area contributed by atoms with Crippen molar-refractivity contribution in [1.29, 1.82) is 0 Å². The molecule has 3 nitrogen and oxygen atoms in total. The molecule has 2 aromatic carbocycles. The quantitative estimate of drug-likeness (QED) is 0.768. The maximum Gasteiger partial charge on any atom is 0.416 e. The van der Waals surface area contributed by atoms with E-state index in [-0.39, 0.29) is 12.1 Å². The number of alkyl halides is 3. The van der Waals surface area contributed by atoms with Crippen LogP contribution in [-0.2, 0) is 17.5 Å². The predicted molar refractivity (Wildman–Crippen MR) is 82.6 cm³/mol. The molecule has 124 valence electrons. The van der Waals surface area contributed by atoms with Crippen molar-refractivity contribution in [2.45, 2.75) is 12.7 Å². The molecule has 1 N–H and O–H groups in total. The van der Waals surface area contributed by atoms with Gasteiger partial charge >= 0.3 is 6.18 Å². The lowest BCUT2D eigenvalue weighted by atomic mass is 10.1. The monoisotopic (exact) mass is 325 g/mol. The third-order valence-electron chi connectivity index (χ3n) is 3.20. The largest absolute Gasteiger partial charge is 0.491 e. The molecular weight excluding hydrogens is 307 g/mol. The summed E-state index contributed by atoms with van der Waals surface area (Å²) in [5.41, 5.74) is 0.266. The molecule has 23 heavy (non-hydrogen) atoms. The molecule has 0 unspecified atom stereocenters. The maximum atomic E-state index is 13.0. The molecule has 0 saturated heterocycles. The fourth-order valence-corrected chi connectivity index (χ4v) is 2.09. The van der Waals surface area contributed by atoms with Crippen LogP contribution < -0.4 is 10.1 Å². The minimum atomic E-state index is -4.36. The number of halogens is 3. The van der Waals surface area contributed by atoms with Crippen molar-refractivity contribution in [3.63, 3.8) is 0 Å². The Bertz CT molecular complexity index is 629. The molecule has 0 aliphatic carbocycles. The van der Waals surface area contributed by atoms with E-state index >= 15 is 0 Å². The summed E-state index contributed by atoms with van der Waals surface area (Å²) in [7, 11) is 1.58. The van der Waals surface area contributed by atoms with Gasteiger partial charge in [0, 0.05) is 25.4 Å². The SMILES string of the molecule is COCCOc1cccc(NCc2ccccc2C(F)(F)F)c1. The molecule has 0 amide bonds.